The number of aliphatic carboxylic acids is 1. The third kappa shape index (κ3) is 7.57. The quantitative estimate of drug-likeness (QED) is 0.364. The zero-order chi connectivity index (χ0) is 25.2. The molecule has 7 nitrogen and oxygen atoms in total. The third-order valence-electron chi connectivity index (χ3n) is 6.44. The molecule has 3 N–H and O–H groups in total. The predicted octanol–water partition coefficient (Wildman–Crippen LogP) is 5.23. The Hall–Kier alpha value is -3.35. The van der Waals surface area contributed by atoms with Crippen molar-refractivity contribution in [2.45, 2.75) is 76.8 Å². The van der Waals surface area contributed by atoms with E-state index in [-0.39, 0.29) is 36.9 Å². The molecule has 188 valence electrons. The van der Waals surface area contributed by atoms with Gasteiger partial charge < -0.3 is 20.5 Å². The first-order valence-electron chi connectivity index (χ1n) is 12.5. The maximum Gasteiger partial charge on any atom is 0.407 e. The number of alkyl carbamates (subject to hydrolysis) is 1. The van der Waals surface area contributed by atoms with Crippen LogP contribution in [0.3, 0.4) is 0 Å². The fourth-order valence-electron chi connectivity index (χ4n) is 4.67. The van der Waals surface area contributed by atoms with Gasteiger partial charge in [-0.1, -0.05) is 68.3 Å². The molecule has 0 spiro atoms. The van der Waals surface area contributed by atoms with E-state index in [0.29, 0.717) is 25.7 Å². The van der Waals surface area contributed by atoms with Gasteiger partial charge >= 0.3 is 12.1 Å². The van der Waals surface area contributed by atoms with E-state index in [2.05, 4.69) is 34.9 Å². The number of carbonyl (C=O) groups is 3. The molecule has 0 bridgehead atoms. The van der Waals surface area contributed by atoms with E-state index in [1.165, 1.54) is 22.3 Å². The van der Waals surface area contributed by atoms with Gasteiger partial charge in [0.25, 0.3) is 0 Å². The number of hydrogen-bond donors (Lipinski definition) is 3. The van der Waals surface area contributed by atoms with Crippen LogP contribution >= 0.6 is 0 Å². The molecule has 1 aliphatic carbocycles. The number of nitrogens with one attached hydrogen (secondary N) is 2. The minimum atomic E-state index is -0.910. The molecule has 0 saturated heterocycles. The van der Waals surface area contributed by atoms with Crippen molar-refractivity contribution in [3.63, 3.8) is 0 Å². The molecule has 0 aliphatic heterocycles. The lowest BCUT2D eigenvalue weighted by Gasteiger charge is -2.18. The minimum absolute atomic E-state index is 0.0126. The van der Waals surface area contributed by atoms with E-state index in [1.807, 2.05) is 38.1 Å². The molecular formula is C28H36N2O5. The van der Waals surface area contributed by atoms with Crippen LogP contribution in [0.1, 0.15) is 75.8 Å². The lowest BCUT2D eigenvalue weighted by Crippen LogP contribution is -2.37. The Morgan fingerprint density at radius 3 is 2.17 bits per heavy atom. The molecule has 0 aromatic heterocycles. The molecule has 0 fully saturated rings. The van der Waals surface area contributed by atoms with Crippen LogP contribution in [0.5, 0.6) is 0 Å². The number of rotatable bonds is 13. The van der Waals surface area contributed by atoms with Crippen LogP contribution in [0, 0.1) is 0 Å². The topological polar surface area (TPSA) is 105 Å². The van der Waals surface area contributed by atoms with Crippen molar-refractivity contribution in [2.24, 2.45) is 0 Å². The van der Waals surface area contributed by atoms with Crippen LogP contribution in [0.2, 0.25) is 0 Å². The fraction of sp³-hybridized carbons (Fsp3) is 0.464. The van der Waals surface area contributed by atoms with Gasteiger partial charge in [-0.25, -0.2) is 4.79 Å². The maximum atomic E-state index is 12.4. The van der Waals surface area contributed by atoms with Crippen LogP contribution in [0.25, 0.3) is 11.1 Å². The van der Waals surface area contributed by atoms with Crippen LogP contribution in [0.4, 0.5) is 4.79 Å². The summed E-state index contributed by atoms with van der Waals surface area (Å²) in [5, 5.41) is 14.7. The number of amides is 2. The van der Waals surface area contributed by atoms with Crippen molar-refractivity contribution in [1.82, 2.24) is 10.6 Å². The molecule has 2 aromatic rings. The van der Waals surface area contributed by atoms with E-state index in [1.54, 1.807) is 0 Å². The first-order chi connectivity index (χ1) is 16.9. The Morgan fingerprint density at radius 2 is 1.57 bits per heavy atom. The van der Waals surface area contributed by atoms with E-state index >= 15 is 0 Å². The van der Waals surface area contributed by atoms with Gasteiger partial charge in [0.1, 0.15) is 6.61 Å². The molecule has 2 amide bonds. The average Bonchev–Trinajstić information content (AvgIpc) is 3.14. The average molecular weight is 481 g/mol. The molecule has 3 rings (SSSR count). The molecule has 35 heavy (non-hydrogen) atoms. The van der Waals surface area contributed by atoms with Crippen LogP contribution < -0.4 is 10.6 Å². The Labute approximate surface area is 207 Å². The lowest BCUT2D eigenvalue weighted by atomic mass is 9.98. The summed E-state index contributed by atoms with van der Waals surface area (Å²) in [5.74, 6) is -1.05. The zero-order valence-corrected chi connectivity index (χ0v) is 20.6. The standard InChI is InChI=1S/C28H36N2O5/c1-3-4-11-20(17-27(32)33)30-26(31)16-9-10-19(2)29-28(34)35-18-25-23-14-7-5-12-21(23)22-13-6-8-15-24(22)25/h5-8,12-15,19-20,25H,3-4,9-11,16-18H2,1-2H3,(H,29,34)(H,30,31)(H,32,33). The summed E-state index contributed by atoms with van der Waals surface area (Å²) in [7, 11) is 0. The second-order valence-electron chi connectivity index (χ2n) is 9.27. The number of unbranched alkanes of at least 4 members (excludes halogenated alkanes) is 1. The van der Waals surface area contributed by atoms with Gasteiger partial charge in [-0.05, 0) is 48.4 Å². The molecule has 0 heterocycles. The summed E-state index contributed by atoms with van der Waals surface area (Å²) in [5.41, 5.74) is 4.70. The first-order valence-corrected chi connectivity index (χ1v) is 12.5. The van der Waals surface area contributed by atoms with E-state index in [0.717, 1.165) is 12.8 Å². The van der Waals surface area contributed by atoms with Gasteiger partial charge in [-0.2, -0.15) is 0 Å². The van der Waals surface area contributed by atoms with Crippen LogP contribution in [0.15, 0.2) is 48.5 Å². The van der Waals surface area contributed by atoms with Crippen LogP contribution in [-0.2, 0) is 14.3 Å². The van der Waals surface area contributed by atoms with Crippen molar-refractivity contribution in [3.05, 3.63) is 59.7 Å². The number of ether oxygens (including phenoxy) is 1. The van der Waals surface area contributed by atoms with Gasteiger partial charge in [0.15, 0.2) is 0 Å². The van der Waals surface area contributed by atoms with Gasteiger partial charge in [0.05, 0.1) is 6.42 Å². The molecule has 7 heteroatoms. The van der Waals surface area contributed by atoms with Crippen LogP contribution in [-0.4, -0.2) is 41.8 Å². The molecule has 2 atom stereocenters. The Balaban J connectivity index is 1.40. The normalized spacial score (nSPS) is 13.9. The number of fused-ring (bicyclic) bond motifs is 3. The van der Waals surface area contributed by atoms with E-state index < -0.39 is 12.1 Å². The monoisotopic (exact) mass is 480 g/mol. The SMILES string of the molecule is CCCCC(CC(=O)O)NC(=O)CCCC(C)NC(=O)OCC1c2ccccc2-c2ccccc21. The Kier molecular flexibility index (Phi) is 9.70. The van der Waals surface area contributed by atoms with Gasteiger partial charge in [-0.3, -0.25) is 9.59 Å². The largest absolute Gasteiger partial charge is 0.481 e. The minimum Gasteiger partial charge on any atom is -0.481 e. The van der Waals surface area contributed by atoms with E-state index in [9.17, 15) is 14.4 Å². The third-order valence-corrected chi connectivity index (χ3v) is 6.44. The van der Waals surface area contributed by atoms with Crippen molar-refractivity contribution in [3.8, 4) is 11.1 Å². The zero-order valence-electron chi connectivity index (χ0n) is 20.6. The lowest BCUT2D eigenvalue weighted by molar-refractivity contribution is -0.137. The summed E-state index contributed by atoms with van der Waals surface area (Å²) < 4.78 is 5.58. The van der Waals surface area contributed by atoms with Crippen molar-refractivity contribution in [1.29, 1.82) is 0 Å². The Morgan fingerprint density at radius 1 is 0.943 bits per heavy atom. The summed E-state index contributed by atoms with van der Waals surface area (Å²) in [6, 6.07) is 15.9. The number of carboxylic acid groups (broad SMARTS) is 1. The first kappa shape index (κ1) is 26.3. The van der Waals surface area contributed by atoms with Crippen molar-refractivity contribution in [2.75, 3.05) is 6.61 Å². The summed E-state index contributed by atoms with van der Waals surface area (Å²) in [6.45, 7) is 4.18. The highest BCUT2D eigenvalue weighted by Gasteiger charge is 2.29. The smallest absolute Gasteiger partial charge is 0.407 e. The van der Waals surface area contributed by atoms with Crippen molar-refractivity contribution >= 4 is 18.0 Å². The highest BCUT2D eigenvalue weighted by molar-refractivity contribution is 5.79. The highest BCUT2D eigenvalue weighted by Crippen LogP contribution is 2.44. The van der Waals surface area contributed by atoms with Crippen molar-refractivity contribution < 1.29 is 24.2 Å². The fourth-order valence-corrected chi connectivity index (χ4v) is 4.67. The van der Waals surface area contributed by atoms with Gasteiger partial charge in [-0.15, -0.1) is 0 Å². The molecule has 0 radical (unpaired) electrons. The molecular weight excluding hydrogens is 444 g/mol. The number of carbonyl (C=O) groups excluding carboxylic acids is 2. The molecule has 1 aliphatic rings. The second-order valence-corrected chi connectivity index (χ2v) is 9.27. The number of hydrogen-bond acceptors (Lipinski definition) is 4. The summed E-state index contributed by atoms with van der Waals surface area (Å²) in [4.78, 5) is 35.7. The highest BCUT2D eigenvalue weighted by atomic mass is 16.5. The maximum absolute atomic E-state index is 12.4. The molecule has 0 saturated carbocycles. The summed E-state index contributed by atoms with van der Waals surface area (Å²) >= 11 is 0. The van der Waals surface area contributed by atoms with E-state index in [4.69, 9.17) is 9.84 Å². The molecule has 2 unspecified atom stereocenters. The summed E-state index contributed by atoms with van der Waals surface area (Å²) in [6.07, 6.45) is 3.45. The van der Waals surface area contributed by atoms with Gasteiger partial charge in [0, 0.05) is 24.4 Å². The second kappa shape index (κ2) is 12.9. The Bertz CT molecular complexity index is 976. The molecule has 2 aromatic carbocycles. The predicted molar refractivity (Wildman–Crippen MR) is 135 cm³/mol. The number of carboxylic acids is 1. The number of benzene rings is 2. The van der Waals surface area contributed by atoms with Gasteiger partial charge in [0.2, 0.25) is 5.91 Å².